The molecule has 2 heterocycles. The zero-order valence-electron chi connectivity index (χ0n) is 22.3. The number of para-hydroxylation sites is 1. The molecule has 8 rings (SSSR count). The van der Waals surface area contributed by atoms with Crippen LogP contribution in [0.25, 0.3) is 21.5 Å². The van der Waals surface area contributed by atoms with Crippen molar-refractivity contribution in [2.45, 2.75) is 24.5 Å². The molecule has 4 heteroatoms. The van der Waals surface area contributed by atoms with Gasteiger partial charge in [0.25, 0.3) is 5.91 Å². The average molecular weight is 534 g/mol. The number of carbonyl (C=O) groups excluding carboxylic acids is 1. The van der Waals surface area contributed by atoms with Gasteiger partial charge in [0, 0.05) is 11.1 Å². The van der Waals surface area contributed by atoms with Crippen molar-refractivity contribution in [2.24, 2.45) is 0 Å². The molecule has 198 valence electrons. The zero-order valence-corrected chi connectivity index (χ0v) is 22.3. The predicted molar refractivity (Wildman–Crippen MR) is 161 cm³/mol. The Morgan fingerprint density at radius 1 is 0.610 bits per heavy atom. The molecule has 0 aromatic heterocycles. The lowest BCUT2D eigenvalue weighted by Gasteiger charge is -2.28. The van der Waals surface area contributed by atoms with Crippen LogP contribution in [-0.4, -0.2) is 5.91 Å². The maximum Gasteiger partial charge on any atom is 0.267 e. The molecular weight excluding hydrogens is 506 g/mol. The van der Waals surface area contributed by atoms with Gasteiger partial charge in [-0.25, -0.2) is 0 Å². The van der Waals surface area contributed by atoms with E-state index in [1.165, 1.54) is 0 Å². The first-order chi connectivity index (χ1) is 20.2. The van der Waals surface area contributed by atoms with Gasteiger partial charge in [-0.15, -0.1) is 0 Å². The van der Waals surface area contributed by atoms with Gasteiger partial charge in [-0.3, -0.25) is 4.79 Å². The number of nitrogens with zero attached hydrogens (tertiary/aromatic N) is 1. The quantitative estimate of drug-likeness (QED) is 0.229. The lowest BCUT2D eigenvalue weighted by atomic mass is 9.85. The minimum absolute atomic E-state index is 0.107. The second-order valence-electron chi connectivity index (χ2n) is 10.8. The van der Waals surface area contributed by atoms with E-state index in [0.29, 0.717) is 6.54 Å². The Kier molecular flexibility index (Phi) is 5.52. The van der Waals surface area contributed by atoms with Gasteiger partial charge in [-0.1, -0.05) is 121 Å². The van der Waals surface area contributed by atoms with Crippen LogP contribution in [0.1, 0.15) is 34.6 Å². The van der Waals surface area contributed by atoms with E-state index in [4.69, 9.17) is 9.47 Å². The molecule has 6 aromatic rings. The minimum Gasteiger partial charge on any atom is -0.336 e. The Balaban J connectivity index is 1.29. The molecule has 6 aromatic carbocycles. The Labute approximate surface area is 238 Å². The fourth-order valence-electron chi connectivity index (χ4n) is 6.40. The van der Waals surface area contributed by atoms with Crippen LogP contribution < -0.4 is 4.90 Å². The number of ether oxygens (including phenoxy) is 2. The number of rotatable bonds is 4. The summed E-state index contributed by atoms with van der Waals surface area (Å²) in [6, 6.07) is 47.1. The van der Waals surface area contributed by atoms with Gasteiger partial charge in [0.15, 0.2) is 6.29 Å². The average Bonchev–Trinajstić information content (AvgIpc) is 3.54. The van der Waals surface area contributed by atoms with E-state index in [9.17, 15) is 4.79 Å². The highest BCUT2D eigenvalue weighted by Crippen LogP contribution is 2.59. The van der Waals surface area contributed by atoms with Crippen LogP contribution in [0, 0.1) is 0 Å². The minimum atomic E-state index is -1.33. The first-order valence-electron chi connectivity index (χ1n) is 14.0. The molecule has 0 bridgehead atoms. The molecule has 3 atom stereocenters. The standard InChI is InChI=1S/C37H27NO3/c39-36-37(32-16-8-9-17-33(32)38(36)24-25-10-2-1-3-11-25)34(30-20-18-26-12-4-6-14-28(26)22-30)40-35(41-37)31-21-19-27-13-5-7-15-29(27)23-31/h1-23,34-35H,24H2/t34-,35-,37+/m0/s1. The van der Waals surface area contributed by atoms with Crippen molar-refractivity contribution in [3.8, 4) is 0 Å². The van der Waals surface area contributed by atoms with Gasteiger partial charge in [0.05, 0.1) is 12.2 Å². The van der Waals surface area contributed by atoms with Crippen molar-refractivity contribution in [3.05, 3.63) is 162 Å². The Morgan fingerprint density at radius 3 is 1.93 bits per heavy atom. The van der Waals surface area contributed by atoms with Crippen LogP contribution in [-0.2, 0) is 26.4 Å². The molecule has 41 heavy (non-hydrogen) atoms. The van der Waals surface area contributed by atoms with Crippen LogP contribution in [0.5, 0.6) is 0 Å². The maximum atomic E-state index is 14.7. The fraction of sp³-hybridized carbons (Fsp3) is 0.108. The summed E-state index contributed by atoms with van der Waals surface area (Å²) in [5.74, 6) is -0.107. The van der Waals surface area contributed by atoms with E-state index in [1.54, 1.807) is 0 Å². The van der Waals surface area contributed by atoms with Gasteiger partial charge in [-0.2, -0.15) is 0 Å². The topological polar surface area (TPSA) is 38.8 Å². The second kappa shape index (κ2) is 9.41. The van der Waals surface area contributed by atoms with Crippen LogP contribution in [0.4, 0.5) is 5.69 Å². The molecule has 0 saturated carbocycles. The third-order valence-corrected chi connectivity index (χ3v) is 8.39. The first kappa shape index (κ1) is 24.1. The normalized spacial score (nSPS) is 21.7. The molecule has 1 spiro atoms. The molecule has 2 aliphatic heterocycles. The van der Waals surface area contributed by atoms with Gasteiger partial charge in [-0.05, 0) is 50.9 Å². The van der Waals surface area contributed by atoms with Crippen molar-refractivity contribution in [1.82, 2.24) is 0 Å². The van der Waals surface area contributed by atoms with E-state index in [2.05, 4.69) is 54.6 Å². The number of amides is 1. The highest BCUT2D eigenvalue weighted by Gasteiger charge is 2.63. The maximum absolute atomic E-state index is 14.7. The summed E-state index contributed by atoms with van der Waals surface area (Å²) in [6.07, 6.45) is -1.36. The number of hydrogen-bond donors (Lipinski definition) is 0. The summed E-state index contributed by atoms with van der Waals surface area (Å²) < 4.78 is 13.7. The number of anilines is 1. The van der Waals surface area contributed by atoms with Crippen molar-refractivity contribution < 1.29 is 14.3 Å². The monoisotopic (exact) mass is 533 g/mol. The summed E-state index contributed by atoms with van der Waals surface area (Å²) in [4.78, 5) is 16.6. The number of fused-ring (bicyclic) bond motifs is 4. The molecule has 0 unspecified atom stereocenters. The summed E-state index contributed by atoms with van der Waals surface area (Å²) in [5.41, 5.74) is 3.22. The number of hydrogen-bond acceptors (Lipinski definition) is 3. The summed E-state index contributed by atoms with van der Waals surface area (Å²) >= 11 is 0. The van der Waals surface area contributed by atoms with E-state index in [-0.39, 0.29) is 5.91 Å². The lowest BCUT2D eigenvalue weighted by molar-refractivity contribution is -0.146. The third kappa shape index (κ3) is 3.80. The summed E-state index contributed by atoms with van der Waals surface area (Å²) in [6.45, 7) is 0.451. The van der Waals surface area contributed by atoms with E-state index < -0.39 is 18.0 Å². The molecule has 1 fully saturated rings. The van der Waals surface area contributed by atoms with Gasteiger partial charge < -0.3 is 14.4 Å². The van der Waals surface area contributed by atoms with Crippen molar-refractivity contribution in [2.75, 3.05) is 4.90 Å². The van der Waals surface area contributed by atoms with E-state index in [0.717, 1.165) is 49.5 Å². The summed E-state index contributed by atoms with van der Waals surface area (Å²) in [5, 5.41) is 4.48. The Bertz CT molecular complexity index is 1930. The largest absolute Gasteiger partial charge is 0.336 e. The van der Waals surface area contributed by atoms with Gasteiger partial charge in [0.1, 0.15) is 6.10 Å². The van der Waals surface area contributed by atoms with Crippen LogP contribution in [0.3, 0.4) is 0 Å². The van der Waals surface area contributed by atoms with Crippen molar-refractivity contribution >= 4 is 33.1 Å². The molecule has 0 N–H and O–H groups in total. The van der Waals surface area contributed by atoms with Crippen molar-refractivity contribution in [3.63, 3.8) is 0 Å². The lowest BCUT2D eigenvalue weighted by Crippen LogP contribution is -2.43. The molecule has 0 aliphatic carbocycles. The van der Waals surface area contributed by atoms with Crippen LogP contribution >= 0.6 is 0 Å². The van der Waals surface area contributed by atoms with Crippen LogP contribution in [0.2, 0.25) is 0 Å². The molecule has 1 amide bonds. The van der Waals surface area contributed by atoms with E-state index in [1.807, 2.05) is 89.8 Å². The molecule has 2 aliphatic rings. The molecule has 4 nitrogen and oxygen atoms in total. The van der Waals surface area contributed by atoms with Crippen LogP contribution in [0.15, 0.2) is 140 Å². The summed E-state index contributed by atoms with van der Waals surface area (Å²) in [7, 11) is 0. The highest BCUT2D eigenvalue weighted by molar-refractivity contribution is 6.08. The zero-order chi connectivity index (χ0) is 27.4. The predicted octanol–water partition coefficient (Wildman–Crippen LogP) is 8.22. The SMILES string of the molecule is O=C1N(Cc2ccccc2)c2ccccc2[C@]12O[C@@H](c1ccc3ccccc3c1)O[C@H]2c1ccc2ccccc2c1. The smallest absolute Gasteiger partial charge is 0.267 e. The number of carbonyl (C=O) groups is 1. The fourth-order valence-corrected chi connectivity index (χ4v) is 6.40. The molecule has 1 saturated heterocycles. The highest BCUT2D eigenvalue weighted by atomic mass is 16.7. The van der Waals surface area contributed by atoms with Crippen molar-refractivity contribution in [1.29, 1.82) is 0 Å². The molecule has 0 radical (unpaired) electrons. The first-order valence-corrected chi connectivity index (χ1v) is 14.0. The number of benzene rings is 6. The van der Waals surface area contributed by atoms with Gasteiger partial charge in [0.2, 0.25) is 5.60 Å². The van der Waals surface area contributed by atoms with E-state index >= 15 is 0 Å². The van der Waals surface area contributed by atoms with Gasteiger partial charge >= 0.3 is 0 Å². The Morgan fingerprint density at radius 2 is 1.20 bits per heavy atom. The third-order valence-electron chi connectivity index (χ3n) is 8.39. The Hall–Kier alpha value is -4.77. The second-order valence-corrected chi connectivity index (χ2v) is 10.8. The molecular formula is C37H27NO3.